The third-order valence-corrected chi connectivity index (χ3v) is 5.81. The monoisotopic (exact) mass is 410 g/mol. The van der Waals surface area contributed by atoms with E-state index >= 15 is 0 Å². The largest absolute Gasteiger partial charge is 0.273 e. The quantitative estimate of drug-likeness (QED) is 0.476. The molecule has 162 valence electrons. The van der Waals surface area contributed by atoms with Crippen LogP contribution in [0.25, 0.3) is 0 Å². The fraction of sp³-hybridized carbons (Fsp3) is 0.500. The number of hydrogen-bond donors (Lipinski definition) is 2. The minimum Gasteiger partial charge on any atom is -0.273 e. The van der Waals surface area contributed by atoms with Gasteiger partial charge in [-0.3, -0.25) is 9.59 Å². The molecule has 0 saturated carbocycles. The van der Waals surface area contributed by atoms with Gasteiger partial charge >= 0.3 is 0 Å². The lowest BCUT2D eigenvalue weighted by atomic mass is 9.85. The number of hydrazone groups is 2. The van der Waals surface area contributed by atoms with Crippen LogP contribution in [-0.2, 0) is 9.59 Å². The third kappa shape index (κ3) is 6.94. The molecule has 2 unspecified atom stereocenters. The summed E-state index contributed by atoms with van der Waals surface area (Å²) in [5.74, 6) is 0.144. The maximum Gasteiger partial charge on any atom is 0.240 e. The van der Waals surface area contributed by atoms with Crippen molar-refractivity contribution in [2.45, 2.75) is 66.2 Å². The Balaban J connectivity index is 1.81. The molecule has 2 rings (SSSR count). The molecule has 6 nitrogen and oxygen atoms in total. The van der Waals surface area contributed by atoms with E-state index in [2.05, 4.69) is 46.4 Å². The van der Waals surface area contributed by atoms with Gasteiger partial charge in [0.1, 0.15) is 0 Å². The molecule has 2 aliphatic rings. The van der Waals surface area contributed by atoms with Crippen LogP contribution < -0.4 is 10.9 Å². The van der Waals surface area contributed by atoms with E-state index in [0.29, 0.717) is 11.8 Å². The molecular weight excluding hydrogens is 376 g/mol. The van der Waals surface area contributed by atoms with Crippen molar-refractivity contribution in [2.75, 3.05) is 0 Å². The van der Waals surface area contributed by atoms with Crippen LogP contribution in [0, 0.1) is 11.8 Å². The SMILES string of the molecule is C=C(C)C1CC=C(C)/C(=N/NC(=O)CCC(=O)N/N=C2\CC(C(=C)C)CC=C2C)C1. The fourth-order valence-electron chi connectivity index (χ4n) is 3.45. The average Bonchev–Trinajstić information content (AvgIpc) is 2.70. The van der Waals surface area contributed by atoms with Crippen LogP contribution >= 0.6 is 0 Å². The Kier molecular flexibility index (Phi) is 8.51. The highest BCUT2D eigenvalue weighted by molar-refractivity contribution is 6.02. The highest BCUT2D eigenvalue weighted by atomic mass is 16.2. The highest BCUT2D eigenvalue weighted by Crippen LogP contribution is 2.27. The first-order valence-electron chi connectivity index (χ1n) is 10.5. The predicted molar refractivity (Wildman–Crippen MR) is 123 cm³/mol. The van der Waals surface area contributed by atoms with Crippen LogP contribution in [0.1, 0.15) is 66.2 Å². The van der Waals surface area contributed by atoms with Gasteiger partial charge in [0.15, 0.2) is 0 Å². The zero-order chi connectivity index (χ0) is 22.3. The summed E-state index contributed by atoms with van der Waals surface area (Å²) in [7, 11) is 0. The molecule has 0 bridgehead atoms. The minimum absolute atomic E-state index is 0.0589. The Labute approximate surface area is 180 Å². The van der Waals surface area contributed by atoms with Crippen molar-refractivity contribution in [3.05, 3.63) is 47.6 Å². The molecule has 0 heterocycles. The van der Waals surface area contributed by atoms with Crippen molar-refractivity contribution in [3.63, 3.8) is 0 Å². The Morgan fingerprint density at radius 1 is 0.867 bits per heavy atom. The van der Waals surface area contributed by atoms with Gasteiger partial charge in [-0.05, 0) is 76.4 Å². The molecule has 6 heteroatoms. The van der Waals surface area contributed by atoms with Gasteiger partial charge in [-0.2, -0.15) is 10.2 Å². The molecule has 0 radical (unpaired) electrons. The molecule has 0 spiro atoms. The summed E-state index contributed by atoms with van der Waals surface area (Å²) in [5, 5.41) is 8.52. The standard InChI is InChI=1S/C24H34N4O2/c1-15(2)19-9-7-17(5)21(13-19)25-27-23(29)11-12-24(30)28-26-22-14-20(16(3)4)10-8-18(22)6/h7-8,19-20H,1,3,9-14H2,2,4-6H3,(H,27,29)(H,28,30)/b25-21+,26-22+. The molecule has 2 atom stereocenters. The number of rotatable bonds is 7. The summed E-state index contributed by atoms with van der Waals surface area (Å²) in [4.78, 5) is 24.2. The molecule has 0 fully saturated rings. The molecule has 0 saturated heterocycles. The number of carbonyl (C=O) groups is 2. The lowest BCUT2D eigenvalue weighted by Gasteiger charge is -2.22. The Hall–Kier alpha value is -2.76. The summed E-state index contributed by atoms with van der Waals surface area (Å²) >= 11 is 0. The zero-order valence-electron chi connectivity index (χ0n) is 18.7. The highest BCUT2D eigenvalue weighted by Gasteiger charge is 2.20. The van der Waals surface area contributed by atoms with Crippen molar-refractivity contribution >= 4 is 23.2 Å². The number of nitrogens with zero attached hydrogens (tertiary/aromatic N) is 2. The average molecular weight is 411 g/mol. The van der Waals surface area contributed by atoms with Crippen molar-refractivity contribution in [1.82, 2.24) is 10.9 Å². The van der Waals surface area contributed by atoms with Crippen molar-refractivity contribution < 1.29 is 9.59 Å². The molecule has 0 aliphatic heterocycles. The minimum atomic E-state index is -0.286. The summed E-state index contributed by atoms with van der Waals surface area (Å²) in [6, 6.07) is 0. The van der Waals surface area contributed by atoms with Crippen molar-refractivity contribution in [3.8, 4) is 0 Å². The summed E-state index contributed by atoms with van der Waals surface area (Å²) < 4.78 is 0. The number of carbonyl (C=O) groups excluding carboxylic acids is 2. The topological polar surface area (TPSA) is 82.9 Å². The summed E-state index contributed by atoms with van der Waals surface area (Å²) in [5.41, 5.74) is 11.3. The molecule has 0 aromatic heterocycles. The van der Waals surface area contributed by atoms with E-state index < -0.39 is 0 Å². The molecular formula is C24H34N4O2. The normalized spacial score (nSPS) is 24.1. The first kappa shape index (κ1) is 23.5. The second-order valence-corrected chi connectivity index (χ2v) is 8.43. The van der Waals surface area contributed by atoms with Gasteiger partial charge in [0.05, 0.1) is 11.4 Å². The third-order valence-electron chi connectivity index (χ3n) is 5.81. The van der Waals surface area contributed by atoms with Gasteiger partial charge in [-0.15, -0.1) is 0 Å². The number of nitrogens with one attached hydrogen (secondary N) is 2. The van der Waals surface area contributed by atoms with Crippen LogP contribution in [0.2, 0.25) is 0 Å². The molecule has 0 aromatic rings. The van der Waals surface area contributed by atoms with E-state index in [1.165, 1.54) is 0 Å². The molecule has 0 aromatic carbocycles. The second-order valence-electron chi connectivity index (χ2n) is 8.43. The van der Waals surface area contributed by atoms with Crippen LogP contribution in [0.4, 0.5) is 0 Å². The number of amides is 2. The molecule has 2 N–H and O–H groups in total. The van der Waals surface area contributed by atoms with E-state index in [9.17, 15) is 9.59 Å². The van der Waals surface area contributed by atoms with Gasteiger partial charge in [0.25, 0.3) is 0 Å². The van der Waals surface area contributed by atoms with Crippen LogP contribution in [-0.4, -0.2) is 23.2 Å². The maximum absolute atomic E-state index is 12.1. The molecule has 2 aliphatic carbocycles. The van der Waals surface area contributed by atoms with Gasteiger partial charge in [0, 0.05) is 12.8 Å². The van der Waals surface area contributed by atoms with E-state index in [1.807, 2.05) is 27.7 Å². The van der Waals surface area contributed by atoms with Gasteiger partial charge < -0.3 is 0 Å². The first-order chi connectivity index (χ1) is 14.2. The van der Waals surface area contributed by atoms with E-state index in [1.54, 1.807) is 0 Å². The van der Waals surface area contributed by atoms with E-state index in [-0.39, 0.29) is 24.7 Å². The van der Waals surface area contributed by atoms with Gasteiger partial charge in [-0.1, -0.05) is 36.5 Å². The lowest BCUT2D eigenvalue weighted by molar-refractivity contribution is -0.126. The van der Waals surface area contributed by atoms with E-state index in [4.69, 9.17) is 0 Å². The van der Waals surface area contributed by atoms with Gasteiger partial charge in [0.2, 0.25) is 11.8 Å². The van der Waals surface area contributed by atoms with Crippen LogP contribution in [0.5, 0.6) is 0 Å². The fourth-order valence-corrected chi connectivity index (χ4v) is 3.45. The second kappa shape index (κ2) is 10.9. The molecule has 2 amide bonds. The van der Waals surface area contributed by atoms with Crippen molar-refractivity contribution in [2.24, 2.45) is 22.0 Å². The predicted octanol–water partition coefficient (Wildman–Crippen LogP) is 4.58. The Morgan fingerprint density at radius 2 is 1.23 bits per heavy atom. The molecule has 30 heavy (non-hydrogen) atoms. The maximum atomic E-state index is 12.1. The summed E-state index contributed by atoms with van der Waals surface area (Å²) in [6.45, 7) is 16.0. The number of hydrogen-bond acceptors (Lipinski definition) is 4. The smallest absolute Gasteiger partial charge is 0.240 e. The van der Waals surface area contributed by atoms with Crippen LogP contribution in [0.15, 0.2) is 57.8 Å². The van der Waals surface area contributed by atoms with Crippen molar-refractivity contribution in [1.29, 1.82) is 0 Å². The van der Waals surface area contributed by atoms with E-state index in [0.717, 1.165) is 59.4 Å². The Morgan fingerprint density at radius 3 is 1.57 bits per heavy atom. The Bertz CT molecular complexity index is 775. The van der Waals surface area contributed by atoms with Crippen LogP contribution in [0.3, 0.4) is 0 Å². The zero-order valence-corrected chi connectivity index (χ0v) is 18.7. The first-order valence-corrected chi connectivity index (χ1v) is 10.5. The lowest BCUT2D eigenvalue weighted by Crippen LogP contribution is -2.26. The van der Waals surface area contributed by atoms with Gasteiger partial charge in [-0.25, -0.2) is 10.9 Å². The number of allylic oxidation sites excluding steroid dienone is 6. The summed E-state index contributed by atoms with van der Waals surface area (Å²) in [6.07, 6.45) is 7.83.